The predicted molar refractivity (Wildman–Crippen MR) is 123 cm³/mol. The molecule has 2 aromatic carbocycles. The van der Waals surface area contributed by atoms with Crippen molar-refractivity contribution >= 4 is 23.4 Å². The van der Waals surface area contributed by atoms with Gasteiger partial charge in [0.05, 0.1) is 5.56 Å². The highest BCUT2D eigenvalue weighted by Crippen LogP contribution is 2.39. The van der Waals surface area contributed by atoms with Crippen molar-refractivity contribution in [3.63, 3.8) is 0 Å². The first-order valence-corrected chi connectivity index (χ1v) is 10.4. The number of aromatic nitrogens is 2. The van der Waals surface area contributed by atoms with E-state index < -0.39 is 0 Å². The number of rotatable bonds is 6. The van der Waals surface area contributed by atoms with Crippen LogP contribution in [0.15, 0.2) is 71.5 Å². The van der Waals surface area contributed by atoms with Gasteiger partial charge < -0.3 is 4.52 Å². The summed E-state index contributed by atoms with van der Waals surface area (Å²) in [6.07, 6.45) is 4.23. The number of hydrogen-bond donors (Lipinski definition) is 1. The summed E-state index contributed by atoms with van der Waals surface area (Å²) < 4.78 is 5.62. The SMILES string of the molecule is Cc1cccc(-c2noc(NC(=O)CCc3ccccc3Cl)c2-c2ccncc2)c1C. The summed E-state index contributed by atoms with van der Waals surface area (Å²) in [6, 6.07) is 17.3. The smallest absolute Gasteiger partial charge is 0.239 e. The van der Waals surface area contributed by atoms with Crippen LogP contribution in [0.4, 0.5) is 5.88 Å². The van der Waals surface area contributed by atoms with Crippen LogP contribution in [0.1, 0.15) is 23.1 Å². The van der Waals surface area contributed by atoms with Gasteiger partial charge in [0.15, 0.2) is 0 Å². The highest BCUT2D eigenvalue weighted by Gasteiger charge is 2.22. The molecule has 1 N–H and O–H groups in total. The van der Waals surface area contributed by atoms with Crippen molar-refractivity contribution in [2.75, 3.05) is 5.32 Å². The van der Waals surface area contributed by atoms with Crippen LogP contribution < -0.4 is 5.32 Å². The molecule has 0 spiro atoms. The van der Waals surface area contributed by atoms with E-state index in [9.17, 15) is 4.79 Å². The first-order chi connectivity index (χ1) is 15.0. The molecular weight excluding hydrogens is 410 g/mol. The predicted octanol–water partition coefficient (Wildman–Crippen LogP) is 6.25. The maximum atomic E-state index is 12.7. The van der Waals surface area contributed by atoms with Gasteiger partial charge in [-0.05, 0) is 60.7 Å². The van der Waals surface area contributed by atoms with Crippen LogP contribution in [-0.4, -0.2) is 16.0 Å². The number of hydrogen-bond acceptors (Lipinski definition) is 4. The summed E-state index contributed by atoms with van der Waals surface area (Å²) >= 11 is 6.21. The summed E-state index contributed by atoms with van der Waals surface area (Å²) in [5.41, 5.74) is 6.47. The lowest BCUT2D eigenvalue weighted by Gasteiger charge is -2.09. The summed E-state index contributed by atoms with van der Waals surface area (Å²) in [6.45, 7) is 4.11. The third-order valence-electron chi connectivity index (χ3n) is 5.35. The van der Waals surface area contributed by atoms with E-state index in [1.165, 1.54) is 0 Å². The molecule has 0 aliphatic carbocycles. The quantitative estimate of drug-likeness (QED) is 0.392. The Balaban J connectivity index is 1.65. The fraction of sp³-hybridized carbons (Fsp3) is 0.160. The molecule has 31 heavy (non-hydrogen) atoms. The molecule has 2 aromatic heterocycles. The Labute approximate surface area is 186 Å². The number of anilines is 1. The Bertz CT molecular complexity index is 1220. The molecule has 6 heteroatoms. The van der Waals surface area contributed by atoms with Crippen LogP contribution in [0, 0.1) is 13.8 Å². The highest BCUT2D eigenvalue weighted by molar-refractivity contribution is 6.31. The van der Waals surface area contributed by atoms with Crippen molar-refractivity contribution < 1.29 is 9.32 Å². The van der Waals surface area contributed by atoms with Crippen LogP contribution in [0.3, 0.4) is 0 Å². The van der Waals surface area contributed by atoms with E-state index in [0.717, 1.165) is 33.4 Å². The molecule has 0 atom stereocenters. The van der Waals surface area contributed by atoms with Gasteiger partial charge in [-0.15, -0.1) is 0 Å². The third-order valence-corrected chi connectivity index (χ3v) is 5.72. The molecule has 0 aliphatic rings. The molecule has 0 bridgehead atoms. The van der Waals surface area contributed by atoms with Crippen molar-refractivity contribution in [1.29, 1.82) is 0 Å². The average Bonchev–Trinajstić information content (AvgIpc) is 3.19. The first-order valence-electron chi connectivity index (χ1n) is 10.0. The second-order valence-corrected chi connectivity index (χ2v) is 7.77. The molecule has 0 fully saturated rings. The molecule has 0 unspecified atom stereocenters. The fourth-order valence-corrected chi connectivity index (χ4v) is 3.72. The number of benzene rings is 2. The molecule has 156 valence electrons. The molecule has 2 heterocycles. The van der Waals surface area contributed by atoms with E-state index in [1.54, 1.807) is 12.4 Å². The number of pyridine rings is 1. The van der Waals surface area contributed by atoms with E-state index in [2.05, 4.69) is 35.4 Å². The fourth-order valence-electron chi connectivity index (χ4n) is 3.49. The van der Waals surface area contributed by atoms with Gasteiger partial charge in [-0.25, -0.2) is 0 Å². The Hall–Kier alpha value is -3.44. The third kappa shape index (κ3) is 4.52. The second-order valence-electron chi connectivity index (χ2n) is 7.36. The van der Waals surface area contributed by atoms with Crippen molar-refractivity contribution in [1.82, 2.24) is 10.1 Å². The number of aryl methyl sites for hydroxylation is 2. The molecule has 5 nitrogen and oxygen atoms in total. The van der Waals surface area contributed by atoms with Gasteiger partial charge >= 0.3 is 0 Å². The van der Waals surface area contributed by atoms with Gasteiger partial charge in [-0.2, -0.15) is 0 Å². The topological polar surface area (TPSA) is 68.0 Å². The number of carbonyl (C=O) groups excluding carboxylic acids is 1. The number of halogens is 1. The highest BCUT2D eigenvalue weighted by atomic mass is 35.5. The lowest BCUT2D eigenvalue weighted by molar-refractivity contribution is -0.116. The maximum Gasteiger partial charge on any atom is 0.239 e. The zero-order valence-electron chi connectivity index (χ0n) is 17.4. The van der Waals surface area contributed by atoms with Crippen molar-refractivity contribution in [2.45, 2.75) is 26.7 Å². The molecule has 0 radical (unpaired) electrons. The van der Waals surface area contributed by atoms with E-state index in [-0.39, 0.29) is 12.3 Å². The zero-order valence-corrected chi connectivity index (χ0v) is 18.1. The monoisotopic (exact) mass is 431 g/mol. The minimum absolute atomic E-state index is 0.168. The number of nitrogens with zero attached hydrogens (tertiary/aromatic N) is 2. The van der Waals surface area contributed by atoms with Gasteiger partial charge in [0.2, 0.25) is 11.8 Å². The minimum Gasteiger partial charge on any atom is -0.337 e. The summed E-state index contributed by atoms with van der Waals surface area (Å²) in [5, 5.41) is 7.87. The Kier molecular flexibility index (Phi) is 6.14. The second kappa shape index (κ2) is 9.14. The summed E-state index contributed by atoms with van der Waals surface area (Å²) in [4.78, 5) is 16.8. The van der Waals surface area contributed by atoms with Crippen LogP contribution in [0.2, 0.25) is 5.02 Å². The number of amides is 1. The molecule has 0 aliphatic heterocycles. The van der Waals surface area contributed by atoms with Crippen molar-refractivity contribution in [3.05, 3.63) is 88.7 Å². The largest absolute Gasteiger partial charge is 0.337 e. The van der Waals surface area contributed by atoms with Crippen LogP contribution in [-0.2, 0) is 11.2 Å². The van der Waals surface area contributed by atoms with Crippen molar-refractivity contribution in [3.8, 4) is 22.4 Å². The maximum absolute atomic E-state index is 12.7. The van der Waals surface area contributed by atoms with Crippen molar-refractivity contribution in [2.24, 2.45) is 0 Å². The number of carbonyl (C=O) groups is 1. The Morgan fingerprint density at radius 2 is 1.81 bits per heavy atom. The molecule has 4 aromatic rings. The Morgan fingerprint density at radius 3 is 2.58 bits per heavy atom. The van der Waals surface area contributed by atoms with E-state index >= 15 is 0 Å². The molecule has 1 amide bonds. The molecule has 0 saturated carbocycles. The van der Waals surface area contributed by atoms with Gasteiger partial charge in [-0.1, -0.05) is 53.2 Å². The van der Waals surface area contributed by atoms with Crippen LogP contribution in [0.25, 0.3) is 22.4 Å². The van der Waals surface area contributed by atoms with E-state index in [4.69, 9.17) is 16.1 Å². The van der Waals surface area contributed by atoms with Crippen LogP contribution in [0.5, 0.6) is 0 Å². The molecule has 0 saturated heterocycles. The lowest BCUT2D eigenvalue weighted by Crippen LogP contribution is -2.12. The Morgan fingerprint density at radius 1 is 1.03 bits per heavy atom. The van der Waals surface area contributed by atoms with Crippen LogP contribution >= 0.6 is 11.6 Å². The normalized spacial score (nSPS) is 10.8. The molecule has 4 rings (SSSR count). The minimum atomic E-state index is -0.168. The average molecular weight is 432 g/mol. The van der Waals surface area contributed by atoms with Gasteiger partial charge in [-0.3, -0.25) is 15.1 Å². The molecular formula is C25H22ClN3O2. The van der Waals surface area contributed by atoms with Gasteiger partial charge in [0, 0.05) is 29.4 Å². The first kappa shape index (κ1) is 20.8. The lowest BCUT2D eigenvalue weighted by atomic mass is 9.96. The summed E-state index contributed by atoms with van der Waals surface area (Å²) in [7, 11) is 0. The van der Waals surface area contributed by atoms with Gasteiger partial charge in [0.25, 0.3) is 0 Å². The van der Waals surface area contributed by atoms with E-state index in [0.29, 0.717) is 23.0 Å². The van der Waals surface area contributed by atoms with Gasteiger partial charge in [0.1, 0.15) is 5.69 Å². The zero-order chi connectivity index (χ0) is 21.8. The number of nitrogens with one attached hydrogen (secondary N) is 1. The van der Waals surface area contributed by atoms with E-state index in [1.807, 2.05) is 48.5 Å². The standard InChI is InChI=1S/C25H22ClN3O2/c1-16-6-5-8-20(17(16)2)24-23(19-12-14-27-15-13-19)25(31-29-24)28-22(30)11-10-18-7-3-4-9-21(18)26/h3-9,12-15H,10-11H2,1-2H3,(H,28,30). The summed E-state index contributed by atoms with van der Waals surface area (Å²) in [5.74, 6) is 0.158.